The summed E-state index contributed by atoms with van der Waals surface area (Å²) in [5, 5.41) is 10.8. The first kappa shape index (κ1) is 13.9. The highest BCUT2D eigenvalue weighted by Crippen LogP contribution is 2.17. The van der Waals surface area contributed by atoms with Gasteiger partial charge in [-0.1, -0.05) is 12.1 Å². The number of benzene rings is 1. The Morgan fingerprint density at radius 3 is 2.45 bits per heavy atom. The van der Waals surface area contributed by atoms with Crippen molar-refractivity contribution in [2.75, 3.05) is 12.4 Å². The molecule has 1 N–H and O–H groups in total. The molecule has 0 bridgehead atoms. The molecule has 6 heteroatoms. The van der Waals surface area contributed by atoms with Gasteiger partial charge in [0.1, 0.15) is 11.6 Å². The second-order valence-corrected chi connectivity index (χ2v) is 4.21. The third-order valence-electron chi connectivity index (χ3n) is 2.79. The quantitative estimate of drug-likeness (QED) is 0.869. The minimum absolute atomic E-state index is 0.0612. The molecule has 104 valence electrons. The minimum Gasteiger partial charge on any atom is -0.464 e. The van der Waals surface area contributed by atoms with Gasteiger partial charge in [-0.3, -0.25) is 0 Å². The number of hydrogen-bond acceptors (Lipinski definition) is 5. The third-order valence-corrected chi connectivity index (χ3v) is 2.79. The average molecular weight is 275 g/mol. The number of ether oxygens (including phenoxy) is 1. The van der Waals surface area contributed by atoms with Gasteiger partial charge in [0.15, 0.2) is 5.69 Å². The fourth-order valence-corrected chi connectivity index (χ4v) is 1.68. The number of nitrogens with one attached hydrogen (secondary N) is 1. The second-order valence-electron chi connectivity index (χ2n) is 4.21. The number of carbonyl (C=O) groups excluding carboxylic acids is 1. The average Bonchev–Trinajstić information content (AvgIpc) is 2.48. The van der Waals surface area contributed by atoms with Crippen LogP contribution in [0.3, 0.4) is 0 Å². The predicted octanol–water partition coefficient (Wildman–Crippen LogP) is 2.58. The Hall–Kier alpha value is -2.50. The van der Waals surface area contributed by atoms with Crippen LogP contribution < -0.4 is 5.32 Å². The number of methoxy groups -OCH3 is 1. The van der Waals surface area contributed by atoms with Gasteiger partial charge < -0.3 is 10.1 Å². The lowest BCUT2D eigenvalue weighted by molar-refractivity contribution is 0.0593. The van der Waals surface area contributed by atoms with E-state index in [2.05, 4.69) is 20.3 Å². The maximum atomic E-state index is 12.8. The van der Waals surface area contributed by atoms with Crippen molar-refractivity contribution in [2.24, 2.45) is 0 Å². The molecular weight excluding hydrogens is 261 g/mol. The fourth-order valence-electron chi connectivity index (χ4n) is 1.68. The smallest absolute Gasteiger partial charge is 0.358 e. The highest BCUT2D eigenvalue weighted by molar-refractivity contribution is 5.86. The van der Waals surface area contributed by atoms with Crippen molar-refractivity contribution in [3.8, 4) is 0 Å². The van der Waals surface area contributed by atoms with E-state index in [4.69, 9.17) is 0 Å². The van der Waals surface area contributed by atoms with E-state index in [9.17, 15) is 9.18 Å². The lowest BCUT2D eigenvalue weighted by Gasteiger charge is -2.14. The van der Waals surface area contributed by atoms with Gasteiger partial charge in [0.05, 0.1) is 13.2 Å². The third kappa shape index (κ3) is 3.28. The second kappa shape index (κ2) is 6.10. The van der Waals surface area contributed by atoms with Gasteiger partial charge in [-0.2, -0.15) is 0 Å². The zero-order chi connectivity index (χ0) is 14.5. The Morgan fingerprint density at radius 2 is 1.90 bits per heavy atom. The summed E-state index contributed by atoms with van der Waals surface area (Å²) in [7, 11) is 1.28. The number of anilines is 1. The molecule has 0 fully saturated rings. The van der Waals surface area contributed by atoms with Crippen molar-refractivity contribution < 1.29 is 13.9 Å². The van der Waals surface area contributed by atoms with Gasteiger partial charge in [-0.25, -0.2) is 9.18 Å². The highest BCUT2D eigenvalue weighted by Gasteiger charge is 2.10. The SMILES string of the molecule is COC(=O)c1ccc(N[C@H](C)c2ccc(F)cc2)nn1. The summed E-state index contributed by atoms with van der Waals surface area (Å²) in [5.41, 5.74) is 1.07. The number of carbonyl (C=O) groups is 1. The van der Waals surface area contributed by atoms with Gasteiger partial charge in [-0.05, 0) is 36.8 Å². The first-order chi connectivity index (χ1) is 9.60. The maximum Gasteiger partial charge on any atom is 0.358 e. The highest BCUT2D eigenvalue weighted by atomic mass is 19.1. The van der Waals surface area contributed by atoms with Crippen LogP contribution in [0, 0.1) is 5.82 Å². The van der Waals surface area contributed by atoms with Crippen molar-refractivity contribution in [1.29, 1.82) is 0 Å². The van der Waals surface area contributed by atoms with Crippen molar-refractivity contribution in [3.05, 3.63) is 53.5 Å². The molecule has 0 saturated carbocycles. The molecule has 20 heavy (non-hydrogen) atoms. The Labute approximate surface area is 115 Å². The normalized spacial score (nSPS) is 11.8. The van der Waals surface area contributed by atoms with Gasteiger partial charge >= 0.3 is 5.97 Å². The zero-order valence-corrected chi connectivity index (χ0v) is 11.1. The van der Waals surface area contributed by atoms with Crippen LogP contribution in [0.15, 0.2) is 36.4 Å². The number of esters is 1. The van der Waals surface area contributed by atoms with E-state index in [1.54, 1.807) is 18.2 Å². The van der Waals surface area contributed by atoms with Crippen molar-refractivity contribution in [1.82, 2.24) is 10.2 Å². The molecule has 2 aromatic rings. The van der Waals surface area contributed by atoms with E-state index >= 15 is 0 Å². The maximum absolute atomic E-state index is 12.8. The molecule has 0 amide bonds. The topological polar surface area (TPSA) is 64.1 Å². The van der Waals surface area contributed by atoms with Crippen LogP contribution in [-0.4, -0.2) is 23.3 Å². The van der Waals surface area contributed by atoms with Gasteiger partial charge in [-0.15, -0.1) is 10.2 Å². The van der Waals surface area contributed by atoms with Crippen molar-refractivity contribution in [2.45, 2.75) is 13.0 Å². The van der Waals surface area contributed by atoms with E-state index in [0.29, 0.717) is 5.82 Å². The summed E-state index contributed by atoms with van der Waals surface area (Å²) >= 11 is 0. The van der Waals surface area contributed by atoms with Gasteiger partial charge in [0.2, 0.25) is 0 Å². The van der Waals surface area contributed by atoms with Crippen molar-refractivity contribution in [3.63, 3.8) is 0 Å². The molecule has 1 atom stereocenters. The minimum atomic E-state index is -0.532. The summed E-state index contributed by atoms with van der Waals surface area (Å²) in [6.07, 6.45) is 0. The van der Waals surface area contributed by atoms with E-state index in [-0.39, 0.29) is 17.6 Å². The lowest BCUT2D eigenvalue weighted by atomic mass is 10.1. The Balaban J connectivity index is 2.06. The monoisotopic (exact) mass is 275 g/mol. The Bertz CT molecular complexity index is 584. The molecule has 1 heterocycles. The Kier molecular flexibility index (Phi) is 4.24. The number of halogens is 1. The molecule has 0 radical (unpaired) electrons. The van der Waals surface area contributed by atoms with Crippen LogP contribution in [0.1, 0.15) is 29.0 Å². The van der Waals surface area contributed by atoms with Crippen LogP contribution in [0.5, 0.6) is 0 Å². The number of hydrogen-bond donors (Lipinski definition) is 1. The zero-order valence-electron chi connectivity index (χ0n) is 11.1. The summed E-state index contributed by atoms with van der Waals surface area (Å²) in [4.78, 5) is 11.2. The molecular formula is C14H14FN3O2. The van der Waals surface area contributed by atoms with E-state index < -0.39 is 5.97 Å². The number of nitrogens with zero attached hydrogens (tertiary/aromatic N) is 2. The number of aromatic nitrogens is 2. The molecule has 0 unspecified atom stereocenters. The van der Waals surface area contributed by atoms with Gasteiger partial charge in [0.25, 0.3) is 0 Å². The van der Waals surface area contributed by atoms with E-state index in [1.807, 2.05) is 6.92 Å². The molecule has 0 aliphatic carbocycles. The van der Waals surface area contributed by atoms with Crippen LogP contribution in [0.2, 0.25) is 0 Å². The standard InChI is InChI=1S/C14H14FN3O2/c1-9(10-3-5-11(15)6-4-10)16-13-8-7-12(17-18-13)14(19)20-2/h3-9H,1-2H3,(H,16,18)/t9-/m1/s1. The first-order valence-electron chi connectivity index (χ1n) is 6.04. The summed E-state index contributed by atoms with van der Waals surface area (Å²) in [5.74, 6) is -0.284. The Morgan fingerprint density at radius 1 is 1.20 bits per heavy atom. The van der Waals surface area contributed by atoms with E-state index in [1.165, 1.54) is 25.3 Å². The molecule has 1 aromatic heterocycles. The van der Waals surface area contributed by atoms with Crippen LogP contribution in [0.4, 0.5) is 10.2 Å². The molecule has 0 aliphatic rings. The van der Waals surface area contributed by atoms with E-state index in [0.717, 1.165) is 5.56 Å². The van der Waals surface area contributed by atoms with Crippen LogP contribution in [0.25, 0.3) is 0 Å². The van der Waals surface area contributed by atoms with Gasteiger partial charge in [0, 0.05) is 0 Å². The molecule has 1 aromatic carbocycles. The van der Waals surface area contributed by atoms with Crippen LogP contribution in [-0.2, 0) is 4.74 Å². The summed E-state index contributed by atoms with van der Waals surface area (Å²) in [6.45, 7) is 1.92. The fraction of sp³-hybridized carbons (Fsp3) is 0.214. The molecule has 0 aliphatic heterocycles. The summed E-state index contributed by atoms with van der Waals surface area (Å²) in [6, 6.07) is 9.30. The molecule has 5 nitrogen and oxygen atoms in total. The lowest BCUT2D eigenvalue weighted by Crippen LogP contribution is -2.10. The summed E-state index contributed by atoms with van der Waals surface area (Å²) < 4.78 is 17.4. The predicted molar refractivity (Wildman–Crippen MR) is 71.8 cm³/mol. The van der Waals surface area contributed by atoms with Crippen LogP contribution >= 0.6 is 0 Å². The largest absolute Gasteiger partial charge is 0.464 e. The first-order valence-corrected chi connectivity index (χ1v) is 6.04. The molecule has 0 saturated heterocycles. The molecule has 2 rings (SSSR count). The number of rotatable bonds is 4. The van der Waals surface area contributed by atoms with Crippen molar-refractivity contribution >= 4 is 11.8 Å². The molecule has 0 spiro atoms.